The zero-order chi connectivity index (χ0) is 13.5. The van der Waals surface area contributed by atoms with Gasteiger partial charge in [-0.05, 0) is 43.6 Å². The van der Waals surface area contributed by atoms with Crippen molar-refractivity contribution in [1.29, 1.82) is 0 Å². The van der Waals surface area contributed by atoms with Crippen LogP contribution < -0.4 is 0 Å². The minimum absolute atomic E-state index is 0.787. The van der Waals surface area contributed by atoms with Crippen LogP contribution in [0.25, 0.3) is 10.8 Å². The average Bonchev–Trinajstić information content (AvgIpc) is 3.13. The topological polar surface area (TPSA) is 29.3 Å². The van der Waals surface area contributed by atoms with Crippen LogP contribution in [0.15, 0.2) is 21.9 Å². The molecular formula is C16H20N2OS. The normalized spacial score (nSPS) is 26.2. The first-order valence-electron chi connectivity index (χ1n) is 7.54. The van der Waals surface area contributed by atoms with Crippen LogP contribution >= 0.6 is 11.3 Å². The number of nitrogens with zero attached hydrogens (tertiary/aromatic N) is 2. The summed E-state index contributed by atoms with van der Waals surface area (Å²) in [4.78, 5) is 8.48. The largest absolute Gasteiger partial charge is 0.440 e. The van der Waals surface area contributed by atoms with Gasteiger partial charge >= 0.3 is 0 Å². The van der Waals surface area contributed by atoms with Crippen LogP contribution in [-0.4, -0.2) is 22.5 Å². The molecule has 4 rings (SSSR count). The highest BCUT2D eigenvalue weighted by Crippen LogP contribution is 2.36. The highest BCUT2D eigenvalue weighted by molar-refractivity contribution is 7.13. The summed E-state index contributed by atoms with van der Waals surface area (Å²) in [6.07, 6.45) is 5.59. The molecule has 1 aliphatic carbocycles. The van der Waals surface area contributed by atoms with Crippen molar-refractivity contribution in [3.63, 3.8) is 0 Å². The van der Waals surface area contributed by atoms with Crippen molar-refractivity contribution in [2.75, 3.05) is 6.54 Å². The molecule has 1 aliphatic heterocycles. The molecule has 0 N–H and O–H groups in total. The van der Waals surface area contributed by atoms with Gasteiger partial charge in [0, 0.05) is 19.1 Å². The lowest BCUT2D eigenvalue weighted by atomic mass is 9.90. The Kier molecular flexibility index (Phi) is 3.15. The molecule has 0 spiro atoms. The van der Waals surface area contributed by atoms with E-state index in [-0.39, 0.29) is 0 Å². The molecule has 2 aromatic heterocycles. The fourth-order valence-corrected chi connectivity index (χ4v) is 4.36. The van der Waals surface area contributed by atoms with Crippen LogP contribution in [0.1, 0.15) is 37.1 Å². The molecule has 4 heteroatoms. The quantitative estimate of drug-likeness (QED) is 0.852. The zero-order valence-corrected chi connectivity index (χ0v) is 12.7. The van der Waals surface area contributed by atoms with Gasteiger partial charge in [-0.2, -0.15) is 0 Å². The van der Waals surface area contributed by atoms with Gasteiger partial charge in [0.25, 0.3) is 0 Å². The third-order valence-corrected chi connectivity index (χ3v) is 5.60. The summed E-state index contributed by atoms with van der Waals surface area (Å²) in [5.74, 6) is 2.70. The van der Waals surface area contributed by atoms with E-state index in [1.54, 1.807) is 11.3 Å². The van der Waals surface area contributed by atoms with E-state index in [2.05, 4.69) is 16.3 Å². The van der Waals surface area contributed by atoms with Crippen LogP contribution in [0.4, 0.5) is 0 Å². The second kappa shape index (κ2) is 5.01. The number of fused-ring (bicyclic) bond motifs is 2. The first kappa shape index (κ1) is 12.6. The summed E-state index contributed by atoms with van der Waals surface area (Å²) < 4.78 is 5.85. The Morgan fingerprint density at radius 1 is 1.45 bits per heavy atom. The fraction of sp³-hybridized carbons (Fsp3) is 0.562. The Hall–Kier alpha value is -1.13. The van der Waals surface area contributed by atoms with Crippen molar-refractivity contribution in [3.05, 3.63) is 29.0 Å². The maximum Gasteiger partial charge on any atom is 0.236 e. The molecular weight excluding hydrogens is 268 g/mol. The Morgan fingerprint density at radius 3 is 3.20 bits per heavy atom. The number of aromatic nitrogens is 1. The van der Waals surface area contributed by atoms with Gasteiger partial charge in [0.2, 0.25) is 5.89 Å². The Bertz CT molecular complexity index is 590. The predicted molar refractivity (Wildman–Crippen MR) is 80.7 cm³/mol. The molecule has 2 bridgehead atoms. The van der Waals surface area contributed by atoms with Crippen molar-refractivity contribution >= 4 is 11.3 Å². The highest BCUT2D eigenvalue weighted by atomic mass is 32.1. The molecule has 2 aromatic rings. The van der Waals surface area contributed by atoms with Gasteiger partial charge in [-0.25, -0.2) is 4.98 Å². The van der Waals surface area contributed by atoms with Gasteiger partial charge < -0.3 is 4.42 Å². The van der Waals surface area contributed by atoms with Gasteiger partial charge in [-0.1, -0.05) is 12.5 Å². The molecule has 3 heterocycles. The number of likely N-dealkylation sites (tertiary alicyclic amines) is 1. The summed E-state index contributed by atoms with van der Waals surface area (Å²) in [5.41, 5.74) is 1.13. The van der Waals surface area contributed by atoms with Crippen LogP contribution in [0, 0.1) is 12.8 Å². The van der Waals surface area contributed by atoms with E-state index in [1.165, 1.54) is 32.2 Å². The van der Waals surface area contributed by atoms with Crippen molar-refractivity contribution in [2.45, 2.75) is 45.2 Å². The molecule has 106 valence electrons. The minimum Gasteiger partial charge on any atom is -0.440 e. The van der Waals surface area contributed by atoms with Gasteiger partial charge in [0.1, 0.15) is 5.76 Å². The SMILES string of the molecule is Cc1oc(-c2cccs2)nc1CN1C[C@H]2CCC[C@@H]1C2. The number of hydrogen-bond acceptors (Lipinski definition) is 4. The average molecular weight is 288 g/mol. The van der Waals surface area contributed by atoms with Crippen LogP contribution in [0.5, 0.6) is 0 Å². The van der Waals surface area contributed by atoms with E-state index in [0.717, 1.165) is 40.7 Å². The maximum atomic E-state index is 5.85. The molecule has 20 heavy (non-hydrogen) atoms. The van der Waals surface area contributed by atoms with E-state index in [4.69, 9.17) is 9.40 Å². The smallest absolute Gasteiger partial charge is 0.236 e. The van der Waals surface area contributed by atoms with E-state index >= 15 is 0 Å². The summed E-state index contributed by atoms with van der Waals surface area (Å²) in [6, 6.07) is 4.90. The number of hydrogen-bond donors (Lipinski definition) is 0. The molecule has 0 aromatic carbocycles. The van der Waals surface area contributed by atoms with Crippen molar-refractivity contribution in [3.8, 4) is 10.8 Å². The third-order valence-electron chi connectivity index (χ3n) is 4.74. The molecule has 1 saturated heterocycles. The van der Waals surface area contributed by atoms with E-state index in [1.807, 2.05) is 13.0 Å². The van der Waals surface area contributed by atoms with Gasteiger partial charge in [-0.15, -0.1) is 11.3 Å². The second-order valence-corrected chi connectivity index (χ2v) is 7.06. The van der Waals surface area contributed by atoms with E-state index < -0.39 is 0 Å². The van der Waals surface area contributed by atoms with Crippen LogP contribution in [0.2, 0.25) is 0 Å². The van der Waals surface area contributed by atoms with Crippen LogP contribution in [0.3, 0.4) is 0 Å². The Morgan fingerprint density at radius 2 is 2.40 bits per heavy atom. The molecule has 0 unspecified atom stereocenters. The lowest BCUT2D eigenvalue weighted by Gasteiger charge is -2.23. The number of rotatable bonds is 3. The molecule has 1 saturated carbocycles. The Labute approximate surface area is 123 Å². The first-order valence-corrected chi connectivity index (χ1v) is 8.42. The molecule has 0 radical (unpaired) electrons. The maximum absolute atomic E-state index is 5.85. The van der Waals surface area contributed by atoms with Crippen molar-refractivity contribution in [1.82, 2.24) is 9.88 Å². The van der Waals surface area contributed by atoms with Crippen LogP contribution in [-0.2, 0) is 6.54 Å². The molecule has 2 fully saturated rings. The summed E-state index contributed by atoms with van der Waals surface area (Å²) in [6.45, 7) is 4.26. The van der Waals surface area contributed by atoms with E-state index in [0.29, 0.717) is 0 Å². The lowest BCUT2D eigenvalue weighted by Crippen LogP contribution is -2.28. The third kappa shape index (κ3) is 2.21. The zero-order valence-electron chi connectivity index (χ0n) is 11.8. The second-order valence-electron chi connectivity index (χ2n) is 6.12. The van der Waals surface area contributed by atoms with Gasteiger partial charge in [0.15, 0.2) is 0 Å². The van der Waals surface area contributed by atoms with Crippen molar-refractivity contribution < 1.29 is 4.42 Å². The summed E-state index contributed by atoms with van der Waals surface area (Å²) >= 11 is 1.69. The minimum atomic E-state index is 0.787. The molecule has 2 aliphatic rings. The lowest BCUT2D eigenvalue weighted by molar-refractivity contribution is 0.233. The first-order chi connectivity index (χ1) is 9.79. The number of thiophene rings is 1. The molecule has 3 nitrogen and oxygen atoms in total. The molecule has 2 atom stereocenters. The summed E-state index contributed by atoms with van der Waals surface area (Å²) in [5, 5.41) is 2.07. The monoisotopic (exact) mass is 288 g/mol. The number of aryl methyl sites for hydroxylation is 1. The van der Waals surface area contributed by atoms with Gasteiger partial charge in [-0.3, -0.25) is 4.90 Å². The van der Waals surface area contributed by atoms with Gasteiger partial charge in [0.05, 0.1) is 10.6 Å². The number of oxazole rings is 1. The molecule has 0 amide bonds. The van der Waals surface area contributed by atoms with Crippen molar-refractivity contribution in [2.24, 2.45) is 5.92 Å². The predicted octanol–water partition coefficient (Wildman–Crippen LogP) is 4.09. The summed E-state index contributed by atoms with van der Waals surface area (Å²) in [7, 11) is 0. The highest BCUT2D eigenvalue weighted by Gasteiger charge is 2.35. The Balaban J connectivity index is 1.54. The standard InChI is InChI=1S/C16H20N2OS/c1-11-14(17-16(19-11)15-6-3-7-20-15)10-18-9-12-4-2-5-13(18)8-12/h3,6-7,12-13H,2,4-5,8-10H2,1H3/t12-,13+/m0/s1. The van der Waals surface area contributed by atoms with E-state index in [9.17, 15) is 0 Å². The fourth-order valence-electron chi connectivity index (χ4n) is 3.71.